The van der Waals surface area contributed by atoms with Crippen LogP contribution >= 0.6 is 11.3 Å². The van der Waals surface area contributed by atoms with Gasteiger partial charge in [0.1, 0.15) is 0 Å². The van der Waals surface area contributed by atoms with Gasteiger partial charge in [0, 0.05) is 10.9 Å². The molecule has 0 radical (unpaired) electrons. The molecule has 1 aromatic heterocycles. The van der Waals surface area contributed by atoms with E-state index in [2.05, 4.69) is 50.4 Å². The molecule has 0 atom stereocenters. The minimum Gasteiger partial charge on any atom is -0.330 e. The Labute approximate surface area is 126 Å². The lowest BCUT2D eigenvalue weighted by molar-refractivity contribution is 0.590. The highest BCUT2D eigenvalue weighted by atomic mass is 32.1. The first kappa shape index (κ1) is 15.2. The topological polar surface area (TPSA) is 38.9 Å². The van der Waals surface area contributed by atoms with Gasteiger partial charge in [-0.05, 0) is 36.8 Å². The van der Waals surface area contributed by atoms with Gasteiger partial charge in [-0.15, -0.1) is 11.3 Å². The van der Waals surface area contributed by atoms with Crippen LogP contribution in [0.4, 0.5) is 0 Å². The molecule has 2 aromatic rings. The van der Waals surface area contributed by atoms with E-state index >= 15 is 0 Å². The van der Waals surface area contributed by atoms with Crippen LogP contribution in [-0.2, 0) is 11.8 Å². The summed E-state index contributed by atoms with van der Waals surface area (Å²) < 4.78 is 0. The molecule has 0 aliphatic carbocycles. The second-order valence-electron chi connectivity index (χ2n) is 6.20. The normalized spacial score (nSPS) is 11.8. The number of nitrogens with zero attached hydrogens (tertiary/aromatic N) is 1. The average Bonchev–Trinajstić information content (AvgIpc) is 2.87. The van der Waals surface area contributed by atoms with Gasteiger partial charge in [0.05, 0.1) is 10.7 Å². The van der Waals surface area contributed by atoms with E-state index in [0.717, 1.165) is 31.5 Å². The number of nitrogens with two attached hydrogens (primary N) is 1. The number of thiazole rings is 1. The molecule has 3 heteroatoms. The van der Waals surface area contributed by atoms with Gasteiger partial charge in [0.25, 0.3) is 0 Å². The fourth-order valence-corrected chi connectivity index (χ4v) is 2.97. The van der Waals surface area contributed by atoms with Crippen molar-refractivity contribution >= 4 is 11.3 Å². The highest BCUT2D eigenvalue weighted by molar-refractivity contribution is 7.09. The smallest absolute Gasteiger partial charge is 0.0932 e. The maximum atomic E-state index is 5.52. The summed E-state index contributed by atoms with van der Waals surface area (Å²) in [5.41, 5.74) is 9.39. The maximum Gasteiger partial charge on any atom is 0.0932 e. The fraction of sp³-hybridized carbons (Fsp3) is 0.471. The van der Waals surface area contributed by atoms with E-state index in [1.54, 1.807) is 11.3 Å². The van der Waals surface area contributed by atoms with Crippen LogP contribution in [-0.4, -0.2) is 11.5 Å². The molecule has 0 saturated carbocycles. The molecule has 0 saturated heterocycles. The van der Waals surface area contributed by atoms with Crippen LogP contribution in [0.25, 0.3) is 11.3 Å². The molecule has 1 aromatic carbocycles. The van der Waals surface area contributed by atoms with Gasteiger partial charge in [0.2, 0.25) is 0 Å². The minimum atomic E-state index is 0.202. The van der Waals surface area contributed by atoms with Crippen LogP contribution in [0.15, 0.2) is 29.6 Å². The molecular weight excluding hydrogens is 264 g/mol. The Morgan fingerprint density at radius 3 is 2.40 bits per heavy atom. The summed E-state index contributed by atoms with van der Waals surface area (Å²) in [6, 6.07) is 8.78. The van der Waals surface area contributed by atoms with Crippen LogP contribution in [0, 0.1) is 0 Å². The summed E-state index contributed by atoms with van der Waals surface area (Å²) in [6.45, 7) is 7.48. The Balaban J connectivity index is 2.08. The van der Waals surface area contributed by atoms with Gasteiger partial charge in [0.15, 0.2) is 0 Å². The molecule has 20 heavy (non-hydrogen) atoms. The molecule has 0 spiro atoms. The number of benzene rings is 1. The van der Waals surface area contributed by atoms with E-state index in [-0.39, 0.29) is 5.41 Å². The van der Waals surface area contributed by atoms with Gasteiger partial charge in [-0.25, -0.2) is 4.98 Å². The molecule has 0 aliphatic heterocycles. The summed E-state index contributed by atoms with van der Waals surface area (Å²) >= 11 is 1.75. The van der Waals surface area contributed by atoms with Crippen molar-refractivity contribution in [2.45, 2.75) is 45.4 Å². The summed E-state index contributed by atoms with van der Waals surface area (Å²) in [5, 5.41) is 3.37. The number of aromatic nitrogens is 1. The highest BCUT2D eigenvalue weighted by Crippen LogP contribution is 2.27. The van der Waals surface area contributed by atoms with E-state index < -0.39 is 0 Å². The largest absolute Gasteiger partial charge is 0.330 e. The molecule has 0 bridgehead atoms. The third kappa shape index (κ3) is 3.90. The average molecular weight is 288 g/mol. The first-order valence-electron chi connectivity index (χ1n) is 7.26. The molecule has 1 heterocycles. The zero-order valence-corrected chi connectivity index (χ0v) is 13.5. The van der Waals surface area contributed by atoms with Crippen molar-refractivity contribution in [3.63, 3.8) is 0 Å². The molecule has 0 fully saturated rings. The van der Waals surface area contributed by atoms with E-state index in [4.69, 9.17) is 10.7 Å². The van der Waals surface area contributed by atoms with Crippen LogP contribution in [0.3, 0.4) is 0 Å². The third-order valence-electron chi connectivity index (χ3n) is 3.44. The first-order valence-corrected chi connectivity index (χ1v) is 8.14. The van der Waals surface area contributed by atoms with Gasteiger partial charge in [-0.1, -0.05) is 45.0 Å². The lowest BCUT2D eigenvalue weighted by Crippen LogP contribution is -2.10. The SMILES string of the molecule is CC(C)(C)c1ccc(-c2csc(CCCCN)n2)cc1. The Morgan fingerprint density at radius 2 is 1.80 bits per heavy atom. The number of hydrogen-bond acceptors (Lipinski definition) is 3. The van der Waals surface area contributed by atoms with Crippen molar-refractivity contribution in [2.75, 3.05) is 6.54 Å². The Bertz CT molecular complexity index is 535. The van der Waals surface area contributed by atoms with Gasteiger partial charge in [-0.3, -0.25) is 0 Å². The van der Waals surface area contributed by atoms with E-state index in [0.29, 0.717) is 0 Å². The van der Waals surface area contributed by atoms with Crippen LogP contribution in [0.2, 0.25) is 0 Å². The van der Waals surface area contributed by atoms with E-state index in [1.807, 2.05) is 0 Å². The predicted octanol–water partition coefficient (Wildman–Crippen LogP) is 4.39. The third-order valence-corrected chi connectivity index (χ3v) is 4.35. The molecule has 0 amide bonds. The van der Waals surface area contributed by atoms with Crippen LogP contribution in [0.1, 0.15) is 44.2 Å². The van der Waals surface area contributed by atoms with Crippen molar-refractivity contribution in [3.05, 3.63) is 40.2 Å². The van der Waals surface area contributed by atoms with Crippen molar-refractivity contribution in [1.29, 1.82) is 0 Å². The van der Waals surface area contributed by atoms with Gasteiger partial charge >= 0.3 is 0 Å². The molecule has 2 nitrogen and oxygen atoms in total. The number of rotatable bonds is 5. The second kappa shape index (κ2) is 6.51. The van der Waals surface area contributed by atoms with Crippen molar-refractivity contribution in [1.82, 2.24) is 4.98 Å². The number of unbranched alkanes of at least 4 members (excludes halogenated alkanes) is 1. The van der Waals surface area contributed by atoms with E-state index in [9.17, 15) is 0 Å². The predicted molar refractivity (Wildman–Crippen MR) is 88.2 cm³/mol. The van der Waals surface area contributed by atoms with Crippen molar-refractivity contribution < 1.29 is 0 Å². The molecule has 2 N–H and O–H groups in total. The van der Waals surface area contributed by atoms with Gasteiger partial charge in [-0.2, -0.15) is 0 Å². The number of hydrogen-bond donors (Lipinski definition) is 1. The summed E-state index contributed by atoms with van der Waals surface area (Å²) in [7, 11) is 0. The zero-order chi connectivity index (χ0) is 14.6. The molecular formula is C17H24N2S. The maximum absolute atomic E-state index is 5.52. The quantitative estimate of drug-likeness (QED) is 0.829. The van der Waals surface area contributed by atoms with Crippen molar-refractivity contribution in [3.8, 4) is 11.3 Å². The molecule has 0 unspecified atom stereocenters. The monoisotopic (exact) mass is 288 g/mol. The summed E-state index contributed by atoms with van der Waals surface area (Å²) in [4.78, 5) is 4.72. The van der Waals surface area contributed by atoms with Crippen molar-refractivity contribution in [2.24, 2.45) is 5.73 Å². The Hall–Kier alpha value is -1.19. The Kier molecular flexibility index (Phi) is 4.95. The lowest BCUT2D eigenvalue weighted by atomic mass is 9.86. The second-order valence-corrected chi connectivity index (χ2v) is 7.14. The summed E-state index contributed by atoms with van der Waals surface area (Å²) in [5.74, 6) is 0. The Morgan fingerprint density at radius 1 is 1.10 bits per heavy atom. The standard InChI is InChI=1S/C17H24N2S/c1-17(2,3)14-9-7-13(8-10-14)15-12-20-16(19-15)6-4-5-11-18/h7-10,12H,4-6,11,18H2,1-3H3. The zero-order valence-electron chi connectivity index (χ0n) is 12.6. The highest BCUT2D eigenvalue weighted by Gasteiger charge is 2.13. The lowest BCUT2D eigenvalue weighted by Gasteiger charge is -2.18. The summed E-state index contributed by atoms with van der Waals surface area (Å²) in [6.07, 6.45) is 3.25. The fourth-order valence-electron chi connectivity index (χ4n) is 2.12. The number of aryl methyl sites for hydroxylation is 1. The first-order chi connectivity index (χ1) is 9.50. The molecule has 108 valence electrons. The van der Waals surface area contributed by atoms with Gasteiger partial charge < -0.3 is 5.73 Å². The van der Waals surface area contributed by atoms with E-state index in [1.165, 1.54) is 16.1 Å². The molecule has 2 rings (SSSR count). The van der Waals surface area contributed by atoms with Crippen LogP contribution in [0.5, 0.6) is 0 Å². The molecule has 0 aliphatic rings. The minimum absolute atomic E-state index is 0.202. The van der Waals surface area contributed by atoms with Crippen LogP contribution < -0.4 is 5.73 Å².